The fourth-order valence-corrected chi connectivity index (χ4v) is 4.30. The summed E-state index contributed by atoms with van der Waals surface area (Å²) in [5, 5.41) is 4.00. The number of thiocarbonyl (C=S) groups is 1. The van der Waals surface area contributed by atoms with Gasteiger partial charge in [-0.05, 0) is 65.9 Å². The molecule has 4 nitrogen and oxygen atoms in total. The number of nitrogens with one attached hydrogen (secondary N) is 1. The summed E-state index contributed by atoms with van der Waals surface area (Å²) in [6.07, 6.45) is 2.38. The van der Waals surface area contributed by atoms with Crippen LogP contribution in [0.1, 0.15) is 57.2 Å². The molecule has 0 radical (unpaired) electrons. The van der Waals surface area contributed by atoms with Gasteiger partial charge in [-0.1, -0.05) is 45.0 Å². The SMILES string of the molecule is CN1C(=S)NC(c2ccc(Oc3ccc(C(C)(C)C)cc3)cc2)C2=C1CCCC2=O. The van der Waals surface area contributed by atoms with Crippen molar-refractivity contribution < 1.29 is 9.53 Å². The van der Waals surface area contributed by atoms with E-state index in [9.17, 15) is 4.79 Å². The molecule has 30 heavy (non-hydrogen) atoms. The highest BCUT2D eigenvalue weighted by molar-refractivity contribution is 7.80. The van der Waals surface area contributed by atoms with E-state index < -0.39 is 0 Å². The Balaban J connectivity index is 1.55. The van der Waals surface area contributed by atoms with E-state index in [1.54, 1.807) is 0 Å². The molecule has 0 spiro atoms. The second kappa shape index (κ2) is 7.88. The Hall–Kier alpha value is -2.66. The van der Waals surface area contributed by atoms with E-state index in [4.69, 9.17) is 17.0 Å². The molecule has 1 atom stereocenters. The molecule has 4 rings (SSSR count). The fourth-order valence-electron chi connectivity index (χ4n) is 4.08. The number of rotatable bonds is 3. The molecule has 0 aromatic heterocycles. The number of nitrogens with zero attached hydrogens (tertiary/aromatic N) is 1. The quantitative estimate of drug-likeness (QED) is 0.651. The molecule has 1 aliphatic heterocycles. The van der Waals surface area contributed by atoms with Gasteiger partial charge >= 0.3 is 0 Å². The lowest BCUT2D eigenvalue weighted by molar-refractivity contribution is -0.116. The van der Waals surface area contributed by atoms with E-state index in [1.807, 2.05) is 48.3 Å². The smallest absolute Gasteiger partial charge is 0.173 e. The van der Waals surface area contributed by atoms with Crippen LogP contribution in [0, 0.1) is 0 Å². The van der Waals surface area contributed by atoms with Crippen LogP contribution in [0.5, 0.6) is 11.5 Å². The highest BCUT2D eigenvalue weighted by Crippen LogP contribution is 2.37. The highest BCUT2D eigenvalue weighted by Gasteiger charge is 2.35. The summed E-state index contributed by atoms with van der Waals surface area (Å²) >= 11 is 5.51. The van der Waals surface area contributed by atoms with Crippen LogP contribution in [0.3, 0.4) is 0 Å². The molecule has 0 amide bonds. The minimum Gasteiger partial charge on any atom is -0.457 e. The van der Waals surface area contributed by atoms with Crippen molar-refractivity contribution in [3.63, 3.8) is 0 Å². The molecule has 0 saturated heterocycles. The molecule has 2 aliphatic rings. The third kappa shape index (κ3) is 3.99. The van der Waals surface area contributed by atoms with Crippen LogP contribution in [0.2, 0.25) is 0 Å². The van der Waals surface area contributed by atoms with Gasteiger partial charge in [0.15, 0.2) is 10.9 Å². The Morgan fingerprint density at radius 1 is 1.00 bits per heavy atom. The normalized spacial score (nSPS) is 19.5. The first-order valence-corrected chi connectivity index (χ1v) is 10.8. The van der Waals surface area contributed by atoms with Gasteiger partial charge in [0.25, 0.3) is 0 Å². The predicted octanol–water partition coefficient (Wildman–Crippen LogP) is 5.64. The van der Waals surface area contributed by atoms with E-state index >= 15 is 0 Å². The zero-order valence-corrected chi connectivity index (χ0v) is 18.8. The van der Waals surface area contributed by atoms with Crippen molar-refractivity contribution in [3.05, 3.63) is 70.9 Å². The number of carbonyl (C=O) groups is 1. The zero-order valence-electron chi connectivity index (χ0n) is 18.0. The number of Topliss-reactive ketones (excluding diaryl/α,β-unsaturated/α-hetero) is 1. The molecule has 1 unspecified atom stereocenters. The lowest BCUT2D eigenvalue weighted by atomic mass is 9.85. The number of hydrogen-bond acceptors (Lipinski definition) is 3. The molecule has 1 heterocycles. The largest absolute Gasteiger partial charge is 0.457 e. The Morgan fingerprint density at radius 3 is 2.20 bits per heavy atom. The molecule has 0 fully saturated rings. The van der Waals surface area contributed by atoms with Crippen molar-refractivity contribution in [3.8, 4) is 11.5 Å². The summed E-state index contributed by atoms with van der Waals surface area (Å²) in [5.41, 5.74) is 4.31. The van der Waals surface area contributed by atoms with Crippen molar-refractivity contribution in [2.45, 2.75) is 51.5 Å². The molecule has 5 heteroatoms. The average Bonchev–Trinajstić information content (AvgIpc) is 2.71. The summed E-state index contributed by atoms with van der Waals surface area (Å²) in [7, 11) is 1.93. The van der Waals surface area contributed by atoms with Crippen molar-refractivity contribution in [2.75, 3.05) is 7.05 Å². The molecular formula is C25H28N2O2S. The van der Waals surface area contributed by atoms with E-state index in [1.165, 1.54) is 5.56 Å². The number of ether oxygens (including phenoxy) is 1. The second-order valence-electron chi connectivity index (χ2n) is 9.02. The van der Waals surface area contributed by atoms with E-state index in [0.29, 0.717) is 11.5 Å². The predicted molar refractivity (Wildman–Crippen MR) is 124 cm³/mol. The first kappa shape index (κ1) is 20.6. The van der Waals surface area contributed by atoms with Gasteiger partial charge in [0.05, 0.1) is 6.04 Å². The van der Waals surface area contributed by atoms with Gasteiger partial charge in [0.2, 0.25) is 0 Å². The Labute approximate surface area is 183 Å². The summed E-state index contributed by atoms with van der Waals surface area (Å²) < 4.78 is 6.02. The fraction of sp³-hybridized carbons (Fsp3) is 0.360. The molecule has 0 bridgehead atoms. The van der Waals surface area contributed by atoms with Gasteiger partial charge in [0.1, 0.15) is 11.5 Å². The maximum atomic E-state index is 12.7. The van der Waals surface area contributed by atoms with Gasteiger partial charge in [-0.3, -0.25) is 4.79 Å². The van der Waals surface area contributed by atoms with Crippen LogP contribution in [0.4, 0.5) is 0 Å². The van der Waals surface area contributed by atoms with Crippen molar-refractivity contribution in [1.29, 1.82) is 0 Å². The van der Waals surface area contributed by atoms with Gasteiger partial charge in [-0.2, -0.15) is 0 Å². The number of ketones is 1. The molecule has 156 valence electrons. The van der Waals surface area contributed by atoms with Gasteiger partial charge in [-0.25, -0.2) is 0 Å². The first-order valence-electron chi connectivity index (χ1n) is 10.4. The summed E-state index contributed by atoms with van der Waals surface area (Å²) in [6, 6.07) is 15.9. The monoisotopic (exact) mass is 420 g/mol. The number of allylic oxidation sites excluding steroid dienone is 1. The van der Waals surface area contributed by atoms with Gasteiger partial charge in [0, 0.05) is 24.7 Å². The van der Waals surface area contributed by atoms with E-state index in [2.05, 4.69) is 38.2 Å². The third-order valence-electron chi connectivity index (χ3n) is 5.86. The van der Waals surface area contributed by atoms with Crippen molar-refractivity contribution in [1.82, 2.24) is 10.2 Å². The highest BCUT2D eigenvalue weighted by atomic mass is 32.1. The number of benzene rings is 2. The second-order valence-corrected chi connectivity index (χ2v) is 9.41. The number of hydrogen-bond donors (Lipinski definition) is 1. The van der Waals surface area contributed by atoms with Crippen LogP contribution in [0.15, 0.2) is 59.8 Å². The number of carbonyl (C=O) groups excluding carboxylic acids is 1. The van der Waals surface area contributed by atoms with Crippen molar-refractivity contribution >= 4 is 23.1 Å². The van der Waals surface area contributed by atoms with Crippen LogP contribution < -0.4 is 10.1 Å². The lowest BCUT2D eigenvalue weighted by Crippen LogP contribution is -2.47. The molecule has 2 aromatic carbocycles. The van der Waals surface area contributed by atoms with E-state index in [-0.39, 0.29) is 17.2 Å². The standard InChI is InChI=1S/C25H28N2O2S/c1-25(2,3)17-10-14-19(15-11-17)29-18-12-8-16(9-13-18)23-22-20(6-5-7-21(22)28)27(4)24(30)26-23/h8-15,23H,5-7H2,1-4H3,(H,26,30). The molecule has 2 aromatic rings. The molecule has 0 saturated carbocycles. The Bertz CT molecular complexity index is 1000. The summed E-state index contributed by atoms with van der Waals surface area (Å²) in [6.45, 7) is 6.59. The first-order chi connectivity index (χ1) is 14.2. The Morgan fingerprint density at radius 2 is 1.60 bits per heavy atom. The third-order valence-corrected chi connectivity index (χ3v) is 6.26. The lowest BCUT2D eigenvalue weighted by Gasteiger charge is -2.39. The maximum absolute atomic E-state index is 12.7. The summed E-state index contributed by atoms with van der Waals surface area (Å²) in [4.78, 5) is 14.6. The zero-order chi connectivity index (χ0) is 21.5. The van der Waals surface area contributed by atoms with Crippen LogP contribution in [-0.4, -0.2) is 22.8 Å². The van der Waals surface area contributed by atoms with E-state index in [0.717, 1.165) is 41.2 Å². The van der Waals surface area contributed by atoms with Gasteiger partial charge in [-0.15, -0.1) is 0 Å². The molecule has 1 aliphatic carbocycles. The van der Waals surface area contributed by atoms with Crippen molar-refractivity contribution in [2.24, 2.45) is 0 Å². The topological polar surface area (TPSA) is 41.6 Å². The van der Waals surface area contributed by atoms with Gasteiger partial charge < -0.3 is 15.0 Å². The minimum absolute atomic E-state index is 0.117. The minimum atomic E-state index is -0.198. The van der Waals surface area contributed by atoms with Crippen LogP contribution in [0.25, 0.3) is 0 Å². The van der Waals surface area contributed by atoms with Crippen LogP contribution >= 0.6 is 12.2 Å². The maximum Gasteiger partial charge on any atom is 0.173 e. The van der Waals surface area contributed by atoms with Crippen LogP contribution in [-0.2, 0) is 10.2 Å². The summed E-state index contributed by atoms with van der Waals surface area (Å²) in [5.74, 6) is 1.78. The molecular weight excluding hydrogens is 392 g/mol. The average molecular weight is 421 g/mol. The molecule has 1 N–H and O–H groups in total. The Kier molecular flexibility index (Phi) is 5.41.